The SMILES string of the molecule is CCc1nc2c(C)cc(Br)cn2c1C(=O)Nc1ccc(C)cc1O. The predicted molar refractivity (Wildman–Crippen MR) is 97.8 cm³/mol. The van der Waals surface area contributed by atoms with Crippen LogP contribution in [0, 0.1) is 13.8 Å². The van der Waals surface area contributed by atoms with Gasteiger partial charge < -0.3 is 10.4 Å². The molecular weight excluding hydrogens is 370 g/mol. The molecule has 2 aromatic heterocycles. The first-order valence-corrected chi connectivity index (χ1v) is 8.48. The number of carbonyl (C=O) groups is 1. The number of anilines is 1. The zero-order valence-corrected chi connectivity index (χ0v) is 15.3. The zero-order chi connectivity index (χ0) is 17.4. The third-order valence-electron chi connectivity index (χ3n) is 3.89. The lowest BCUT2D eigenvalue weighted by Gasteiger charge is -2.09. The number of pyridine rings is 1. The van der Waals surface area contributed by atoms with Crippen molar-refractivity contribution in [2.24, 2.45) is 0 Å². The number of aryl methyl sites for hydroxylation is 3. The van der Waals surface area contributed by atoms with Crippen LogP contribution < -0.4 is 5.32 Å². The highest BCUT2D eigenvalue weighted by atomic mass is 79.9. The summed E-state index contributed by atoms with van der Waals surface area (Å²) in [5.41, 5.74) is 4.25. The van der Waals surface area contributed by atoms with Crippen LogP contribution in [-0.4, -0.2) is 20.4 Å². The van der Waals surface area contributed by atoms with Gasteiger partial charge in [0.15, 0.2) is 0 Å². The number of hydrogen-bond acceptors (Lipinski definition) is 3. The fraction of sp³-hybridized carbons (Fsp3) is 0.222. The lowest BCUT2D eigenvalue weighted by molar-refractivity contribution is 0.102. The summed E-state index contributed by atoms with van der Waals surface area (Å²) in [7, 11) is 0. The standard InChI is InChI=1S/C18H18BrN3O2/c1-4-13-16(22-9-12(19)8-11(3)17(22)20-13)18(24)21-14-6-5-10(2)7-15(14)23/h5-9,23H,4H2,1-3H3,(H,21,24). The second-order valence-electron chi connectivity index (χ2n) is 5.77. The Kier molecular flexibility index (Phi) is 4.32. The smallest absolute Gasteiger partial charge is 0.274 e. The summed E-state index contributed by atoms with van der Waals surface area (Å²) < 4.78 is 2.67. The number of aromatic nitrogens is 2. The van der Waals surface area contributed by atoms with Crippen LogP contribution in [0.15, 0.2) is 34.9 Å². The molecule has 0 radical (unpaired) electrons. The molecule has 1 aromatic carbocycles. The molecule has 0 atom stereocenters. The van der Waals surface area contributed by atoms with Crippen LogP contribution in [-0.2, 0) is 6.42 Å². The molecule has 2 heterocycles. The number of phenols is 1. The second-order valence-corrected chi connectivity index (χ2v) is 6.69. The van der Waals surface area contributed by atoms with E-state index in [-0.39, 0.29) is 11.7 Å². The molecule has 0 saturated carbocycles. The van der Waals surface area contributed by atoms with Crippen molar-refractivity contribution in [2.75, 3.05) is 5.32 Å². The molecule has 0 aliphatic carbocycles. The fourth-order valence-electron chi connectivity index (χ4n) is 2.73. The maximum Gasteiger partial charge on any atom is 0.274 e. The minimum absolute atomic E-state index is 0.0487. The molecule has 2 N–H and O–H groups in total. The Morgan fingerprint density at radius 1 is 1.33 bits per heavy atom. The number of hydrogen-bond donors (Lipinski definition) is 2. The van der Waals surface area contributed by atoms with Crippen LogP contribution in [0.5, 0.6) is 5.75 Å². The van der Waals surface area contributed by atoms with Crippen LogP contribution in [0.1, 0.15) is 34.2 Å². The molecule has 0 fully saturated rings. The van der Waals surface area contributed by atoms with Gasteiger partial charge in [0.2, 0.25) is 0 Å². The molecule has 0 aliphatic heterocycles. The van der Waals surface area contributed by atoms with Crippen molar-refractivity contribution in [2.45, 2.75) is 27.2 Å². The number of rotatable bonds is 3. The zero-order valence-electron chi connectivity index (χ0n) is 13.7. The van der Waals surface area contributed by atoms with Crippen molar-refractivity contribution in [3.63, 3.8) is 0 Å². The quantitative estimate of drug-likeness (QED) is 0.660. The number of imidazole rings is 1. The number of amides is 1. The first-order valence-electron chi connectivity index (χ1n) is 7.68. The van der Waals surface area contributed by atoms with Crippen LogP contribution in [0.2, 0.25) is 0 Å². The molecule has 0 bridgehead atoms. The van der Waals surface area contributed by atoms with E-state index in [2.05, 4.69) is 26.2 Å². The first kappa shape index (κ1) is 16.5. The Bertz CT molecular complexity index is 947. The molecule has 6 heteroatoms. The van der Waals surface area contributed by atoms with E-state index in [0.29, 0.717) is 17.8 Å². The van der Waals surface area contributed by atoms with Gasteiger partial charge in [0, 0.05) is 10.7 Å². The van der Waals surface area contributed by atoms with Gasteiger partial charge in [-0.3, -0.25) is 9.20 Å². The number of halogens is 1. The number of nitrogens with one attached hydrogen (secondary N) is 1. The van der Waals surface area contributed by atoms with E-state index in [1.807, 2.05) is 39.1 Å². The largest absolute Gasteiger partial charge is 0.506 e. The number of phenolic OH excluding ortho intramolecular Hbond substituents is 1. The van der Waals surface area contributed by atoms with E-state index in [0.717, 1.165) is 26.9 Å². The Morgan fingerprint density at radius 2 is 2.08 bits per heavy atom. The maximum atomic E-state index is 12.8. The molecule has 0 saturated heterocycles. The molecule has 0 unspecified atom stereocenters. The lowest BCUT2D eigenvalue weighted by atomic mass is 10.2. The number of nitrogens with zero attached hydrogens (tertiary/aromatic N) is 2. The van der Waals surface area contributed by atoms with Gasteiger partial charge in [-0.2, -0.15) is 0 Å². The Morgan fingerprint density at radius 3 is 2.75 bits per heavy atom. The monoisotopic (exact) mass is 387 g/mol. The summed E-state index contributed by atoms with van der Waals surface area (Å²) in [5.74, 6) is -0.247. The van der Waals surface area contributed by atoms with Crippen LogP contribution in [0.3, 0.4) is 0 Å². The minimum atomic E-state index is -0.295. The predicted octanol–water partition coefficient (Wildman–Crippen LogP) is 4.23. The van der Waals surface area contributed by atoms with Crippen LogP contribution >= 0.6 is 15.9 Å². The van der Waals surface area contributed by atoms with Gasteiger partial charge in [0.25, 0.3) is 5.91 Å². The van der Waals surface area contributed by atoms with Crippen LogP contribution in [0.4, 0.5) is 5.69 Å². The number of aromatic hydroxyl groups is 1. The Hall–Kier alpha value is -2.34. The lowest BCUT2D eigenvalue weighted by Crippen LogP contribution is -2.16. The van der Waals surface area contributed by atoms with Crippen molar-refractivity contribution in [3.8, 4) is 5.75 Å². The fourth-order valence-corrected chi connectivity index (χ4v) is 3.28. The highest BCUT2D eigenvalue weighted by molar-refractivity contribution is 9.10. The number of carbonyl (C=O) groups excluding carboxylic acids is 1. The van der Waals surface area contributed by atoms with E-state index >= 15 is 0 Å². The van der Waals surface area contributed by atoms with Gasteiger partial charge in [-0.05, 0) is 65.5 Å². The molecule has 1 amide bonds. The molecule has 3 rings (SSSR count). The third-order valence-corrected chi connectivity index (χ3v) is 4.33. The van der Waals surface area contributed by atoms with Crippen molar-refractivity contribution < 1.29 is 9.90 Å². The van der Waals surface area contributed by atoms with Crippen LogP contribution in [0.25, 0.3) is 5.65 Å². The molecule has 3 aromatic rings. The average molecular weight is 388 g/mol. The molecule has 0 spiro atoms. The summed E-state index contributed by atoms with van der Waals surface area (Å²) in [6.07, 6.45) is 2.47. The van der Waals surface area contributed by atoms with Gasteiger partial charge in [0.1, 0.15) is 17.1 Å². The van der Waals surface area contributed by atoms with E-state index in [9.17, 15) is 9.90 Å². The second kappa shape index (κ2) is 6.28. The van der Waals surface area contributed by atoms with Gasteiger partial charge in [-0.25, -0.2) is 4.98 Å². The Balaban J connectivity index is 2.09. The number of fused-ring (bicyclic) bond motifs is 1. The van der Waals surface area contributed by atoms with Gasteiger partial charge >= 0.3 is 0 Å². The van der Waals surface area contributed by atoms with Gasteiger partial charge in [-0.1, -0.05) is 13.0 Å². The first-order chi connectivity index (χ1) is 11.4. The topological polar surface area (TPSA) is 66.6 Å². The van der Waals surface area contributed by atoms with E-state index in [1.165, 1.54) is 0 Å². The highest BCUT2D eigenvalue weighted by Crippen LogP contribution is 2.26. The summed E-state index contributed by atoms with van der Waals surface area (Å²) in [6, 6.07) is 7.12. The molecule has 0 aliphatic rings. The summed E-state index contributed by atoms with van der Waals surface area (Å²) >= 11 is 3.46. The Labute approximate surface area is 148 Å². The molecule has 5 nitrogen and oxygen atoms in total. The average Bonchev–Trinajstić information content (AvgIpc) is 2.88. The van der Waals surface area contributed by atoms with E-state index < -0.39 is 0 Å². The summed E-state index contributed by atoms with van der Waals surface area (Å²) in [6.45, 7) is 5.80. The molecular formula is C18H18BrN3O2. The third kappa shape index (κ3) is 2.89. The van der Waals surface area contributed by atoms with Gasteiger partial charge in [-0.15, -0.1) is 0 Å². The highest BCUT2D eigenvalue weighted by Gasteiger charge is 2.20. The van der Waals surface area contributed by atoms with Gasteiger partial charge in [0.05, 0.1) is 11.4 Å². The van der Waals surface area contributed by atoms with E-state index in [1.54, 1.807) is 16.5 Å². The normalized spacial score (nSPS) is 11.0. The van der Waals surface area contributed by atoms with Crippen molar-refractivity contribution in [3.05, 3.63) is 57.4 Å². The van der Waals surface area contributed by atoms with Crippen molar-refractivity contribution in [1.29, 1.82) is 0 Å². The van der Waals surface area contributed by atoms with Crippen molar-refractivity contribution >= 4 is 33.2 Å². The molecule has 124 valence electrons. The van der Waals surface area contributed by atoms with Crippen molar-refractivity contribution in [1.82, 2.24) is 9.38 Å². The summed E-state index contributed by atoms with van der Waals surface area (Å²) in [5, 5.41) is 12.8. The maximum absolute atomic E-state index is 12.8. The van der Waals surface area contributed by atoms with E-state index in [4.69, 9.17) is 0 Å². The number of benzene rings is 1. The minimum Gasteiger partial charge on any atom is -0.506 e. The summed E-state index contributed by atoms with van der Waals surface area (Å²) in [4.78, 5) is 17.4. The molecule has 24 heavy (non-hydrogen) atoms.